The molecule has 2 unspecified atom stereocenters. The summed E-state index contributed by atoms with van der Waals surface area (Å²) in [6.45, 7) is 9.35. The quantitative estimate of drug-likeness (QED) is 0.689. The zero-order valence-corrected chi connectivity index (χ0v) is 9.08. The molecule has 0 aliphatic heterocycles. The van der Waals surface area contributed by atoms with Gasteiger partial charge in [-0.25, -0.2) is 0 Å². The molecule has 0 heterocycles. The smallest absolute Gasteiger partial charge is 0.317 e. The van der Waals surface area contributed by atoms with Crippen LogP contribution in [0.25, 0.3) is 0 Å². The van der Waals surface area contributed by atoms with E-state index >= 15 is 0 Å². The van der Waals surface area contributed by atoms with Crippen molar-refractivity contribution >= 4 is 5.97 Å². The first-order valence-corrected chi connectivity index (χ1v) is 4.98. The molecule has 0 aromatic carbocycles. The molecule has 13 heavy (non-hydrogen) atoms. The summed E-state index contributed by atoms with van der Waals surface area (Å²) in [5.41, 5.74) is 0. The molecule has 3 heteroatoms. The van der Waals surface area contributed by atoms with Crippen molar-refractivity contribution < 1.29 is 9.90 Å². The van der Waals surface area contributed by atoms with Crippen LogP contribution in [0.4, 0.5) is 0 Å². The zero-order valence-electron chi connectivity index (χ0n) is 9.08. The molecule has 2 atom stereocenters. The van der Waals surface area contributed by atoms with Crippen LogP contribution in [0.2, 0.25) is 0 Å². The molecule has 0 amide bonds. The van der Waals surface area contributed by atoms with Gasteiger partial charge in [0.2, 0.25) is 0 Å². The van der Waals surface area contributed by atoms with Gasteiger partial charge in [0, 0.05) is 6.04 Å². The summed E-state index contributed by atoms with van der Waals surface area (Å²) in [6.07, 6.45) is 1.09. The van der Waals surface area contributed by atoms with Gasteiger partial charge in [-0.1, -0.05) is 27.2 Å². The fourth-order valence-corrected chi connectivity index (χ4v) is 1.42. The summed E-state index contributed by atoms with van der Waals surface area (Å²) in [4.78, 5) is 12.5. The van der Waals surface area contributed by atoms with Crippen molar-refractivity contribution in [2.24, 2.45) is 5.92 Å². The van der Waals surface area contributed by atoms with E-state index in [1.807, 2.05) is 11.8 Å². The Kier molecular flexibility index (Phi) is 5.71. The van der Waals surface area contributed by atoms with Gasteiger partial charge in [-0.3, -0.25) is 9.69 Å². The number of carbonyl (C=O) groups is 1. The van der Waals surface area contributed by atoms with Crippen LogP contribution in [-0.4, -0.2) is 35.1 Å². The molecular weight excluding hydrogens is 166 g/mol. The second-order valence-corrected chi connectivity index (χ2v) is 3.58. The molecule has 0 bridgehead atoms. The van der Waals surface area contributed by atoms with Crippen LogP contribution in [0.5, 0.6) is 0 Å². The first kappa shape index (κ1) is 12.4. The number of aliphatic carboxylic acids is 1. The minimum atomic E-state index is -0.739. The zero-order chi connectivity index (χ0) is 10.4. The van der Waals surface area contributed by atoms with Crippen molar-refractivity contribution in [3.05, 3.63) is 0 Å². The van der Waals surface area contributed by atoms with E-state index in [2.05, 4.69) is 20.8 Å². The number of carboxylic acids is 1. The number of carboxylic acid groups (broad SMARTS) is 1. The van der Waals surface area contributed by atoms with Crippen LogP contribution in [0.3, 0.4) is 0 Å². The highest BCUT2D eigenvalue weighted by Crippen LogP contribution is 2.13. The lowest BCUT2D eigenvalue weighted by Gasteiger charge is -2.30. The number of hydrogen-bond donors (Lipinski definition) is 1. The molecule has 0 spiro atoms. The highest BCUT2D eigenvalue weighted by Gasteiger charge is 2.19. The molecule has 0 fully saturated rings. The van der Waals surface area contributed by atoms with E-state index in [4.69, 9.17) is 5.11 Å². The van der Waals surface area contributed by atoms with Gasteiger partial charge in [0.25, 0.3) is 0 Å². The van der Waals surface area contributed by atoms with Crippen LogP contribution < -0.4 is 0 Å². The third kappa shape index (κ3) is 4.27. The second kappa shape index (κ2) is 5.97. The molecule has 0 radical (unpaired) electrons. The minimum Gasteiger partial charge on any atom is -0.480 e. The van der Waals surface area contributed by atoms with Crippen LogP contribution in [0.1, 0.15) is 34.1 Å². The van der Waals surface area contributed by atoms with Gasteiger partial charge >= 0.3 is 5.97 Å². The molecule has 0 saturated carbocycles. The Bertz CT molecular complexity index is 159. The Hall–Kier alpha value is -0.570. The number of rotatable bonds is 6. The predicted molar refractivity (Wildman–Crippen MR) is 53.8 cm³/mol. The monoisotopic (exact) mass is 187 g/mol. The number of likely N-dealkylation sites (N-methyl/N-ethyl adjacent to an activating group) is 1. The Morgan fingerprint density at radius 3 is 2.23 bits per heavy atom. The maximum Gasteiger partial charge on any atom is 0.317 e. The van der Waals surface area contributed by atoms with Crippen LogP contribution >= 0.6 is 0 Å². The van der Waals surface area contributed by atoms with Gasteiger partial charge in [0.15, 0.2) is 0 Å². The van der Waals surface area contributed by atoms with E-state index in [1.54, 1.807) is 0 Å². The third-order valence-electron chi connectivity index (χ3n) is 2.79. The summed E-state index contributed by atoms with van der Waals surface area (Å²) < 4.78 is 0. The van der Waals surface area contributed by atoms with Crippen molar-refractivity contribution in [1.82, 2.24) is 4.90 Å². The van der Waals surface area contributed by atoms with E-state index < -0.39 is 5.97 Å². The largest absolute Gasteiger partial charge is 0.480 e. The molecule has 0 rings (SSSR count). The Morgan fingerprint density at radius 2 is 1.92 bits per heavy atom. The van der Waals surface area contributed by atoms with Crippen LogP contribution in [0, 0.1) is 5.92 Å². The minimum absolute atomic E-state index is 0.155. The van der Waals surface area contributed by atoms with E-state index in [0.717, 1.165) is 13.0 Å². The topological polar surface area (TPSA) is 40.5 Å². The van der Waals surface area contributed by atoms with Crippen molar-refractivity contribution in [3.63, 3.8) is 0 Å². The summed E-state index contributed by atoms with van der Waals surface area (Å²) in [6, 6.07) is 0.353. The normalized spacial score (nSPS) is 15.8. The van der Waals surface area contributed by atoms with Crippen molar-refractivity contribution in [2.45, 2.75) is 40.2 Å². The highest BCUT2D eigenvalue weighted by atomic mass is 16.4. The standard InChI is InChI=1S/C10H21NO2/c1-5-8(3)9(4)11(6-2)7-10(12)13/h8-9H,5-7H2,1-4H3,(H,12,13). The lowest BCUT2D eigenvalue weighted by Crippen LogP contribution is -2.40. The fourth-order valence-electron chi connectivity index (χ4n) is 1.42. The van der Waals surface area contributed by atoms with Gasteiger partial charge in [0.1, 0.15) is 0 Å². The third-order valence-corrected chi connectivity index (χ3v) is 2.79. The van der Waals surface area contributed by atoms with Crippen molar-refractivity contribution in [2.75, 3.05) is 13.1 Å². The van der Waals surface area contributed by atoms with Crippen molar-refractivity contribution in [3.8, 4) is 0 Å². The predicted octanol–water partition coefficient (Wildman–Crippen LogP) is 1.83. The number of nitrogens with zero attached hydrogens (tertiary/aromatic N) is 1. The summed E-state index contributed by atoms with van der Waals surface area (Å²) >= 11 is 0. The summed E-state index contributed by atoms with van der Waals surface area (Å²) in [5.74, 6) is -0.184. The number of hydrogen-bond acceptors (Lipinski definition) is 2. The molecule has 0 aliphatic rings. The molecule has 1 N–H and O–H groups in total. The van der Waals surface area contributed by atoms with E-state index in [9.17, 15) is 4.79 Å². The lowest BCUT2D eigenvalue weighted by molar-refractivity contribution is -0.139. The lowest BCUT2D eigenvalue weighted by atomic mass is 9.99. The molecule has 0 aromatic heterocycles. The Balaban J connectivity index is 4.13. The molecule has 0 aliphatic carbocycles. The fraction of sp³-hybridized carbons (Fsp3) is 0.900. The van der Waals surface area contributed by atoms with Gasteiger partial charge in [-0.2, -0.15) is 0 Å². The summed E-state index contributed by atoms with van der Waals surface area (Å²) in [5, 5.41) is 8.68. The Labute approximate surface area is 80.7 Å². The average Bonchev–Trinajstić information content (AvgIpc) is 2.11. The molecule has 0 saturated heterocycles. The van der Waals surface area contributed by atoms with E-state index in [-0.39, 0.29) is 6.54 Å². The van der Waals surface area contributed by atoms with Gasteiger partial charge in [-0.15, -0.1) is 0 Å². The van der Waals surface area contributed by atoms with Crippen LogP contribution in [-0.2, 0) is 4.79 Å². The van der Waals surface area contributed by atoms with Gasteiger partial charge in [-0.05, 0) is 19.4 Å². The average molecular weight is 187 g/mol. The van der Waals surface area contributed by atoms with Gasteiger partial charge in [0.05, 0.1) is 6.54 Å². The van der Waals surface area contributed by atoms with E-state index in [1.165, 1.54) is 0 Å². The van der Waals surface area contributed by atoms with Crippen LogP contribution in [0.15, 0.2) is 0 Å². The summed E-state index contributed by atoms with van der Waals surface area (Å²) in [7, 11) is 0. The van der Waals surface area contributed by atoms with Gasteiger partial charge < -0.3 is 5.11 Å². The maximum atomic E-state index is 10.5. The van der Waals surface area contributed by atoms with Crippen molar-refractivity contribution in [1.29, 1.82) is 0 Å². The SMILES string of the molecule is CCC(C)C(C)N(CC)CC(=O)O. The molecule has 3 nitrogen and oxygen atoms in total. The molecule has 78 valence electrons. The highest BCUT2D eigenvalue weighted by molar-refractivity contribution is 5.69. The maximum absolute atomic E-state index is 10.5. The molecular formula is C10H21NO2. The first-order valence-electron chi connectivity index (χ1n) is 4.98. The Morgan fingerprint density at radius 1 is 1.38 bits per heavy atom. The molecule has 0 aromatic rings. The first-order chi connectivity index (χ1) is 6.02. The second-order valence-electron chi connectivity index (χ2n) is 3.58. The van der Waals surface area contributed by atoms with E-state index in [0.29, 0.717) is 12.0 Å².